The quantitative estimate of drug-likeness (QED) is 0.598. The van der Waals surface area contributed by atoms with Crippen molar-refractivity contribution in [3.63, 3.8) is 0 Å². The van der Waals surface area contributed by atoms with Crippen LogP contribution in [0.2, 0.25) is 0 Å². The maximum absolute atomic E-state index is 14.6. The lowest BCUT2D eigenvalue weighted by molar-refractivity contribution is -0.385. The van der Waals surface area contributed by atoms with Crippen LogP contribution in [0.4, 0.5) is 15.8 Å². The molecule has 9 heteroatoms. The van der Waals surface area contributed by atoms with Crippen LogP contribution in [0, 0.1) is 15.9 Å². The van der Waals surface area contributed by atoms with Crippen molar-refractivity contribution in [1.82, 2.24) is 14.8 Å². The zero-order valence-corrected chi connectivity index (χ0v) is 15.1. The second kappa shape index (κ2) is 7.27. The van der Waals surface area contributed by atoms with Crippen molar-refractivity contribution in [2.24, 2.45) is 0 Å². The van der Waals surface area contributed by atoms with E-state index in [1.807, 2.05) is 9.47 Å². The fourth-order valence-electron chi connectivity index (χ4n) is 3.43. The van der Waals surface area contributed by atoms with E-state index in [1.54, 1.807) is 6.33 Å². The van der Waals surface area contributed by atoms with E-state index in [0.29, 0.717) is 18.8 Å². The molecule has 1 fully saturated rings. The van der Waals surface area contributed by atoms with E-state index in [-0.39, 0.29) is 23.4 Å². The Morgan fingerprint density at radius 1 is 1.42 bits per heavy atom. The number of nitrogens with zero attached hydrogens (tertiary/aromatic N) is 5. The summed E-state index contributed by atoms with van der Waals surface area (Å²) in [5.41, 5.74) is -0.0605. The molecule has 1 atom stereocenters. The van der Waals surface area contributed by atoms with E-state index in [9.17, 15) is 14.5 Å². The first-order valence-corrected chi connectivity index (χ1v) is 8.58. The number of nitro groups is 1. The van der Waals surface area contributed by atoms with Gasteiger partial charge in [0.2, 0.25) is 0 Å². The number of ether oxygens (including phenoxy) is 1. The minimum absolute atomic E-state index is 0.0545. The lowest BCUT2D eigenvalue weighted by atomic mass is 9.96. The van der Waals surface area contributed by atoms with Gasteiger partial charge in [-0.25, -0.2) is 4.39 Å². The first-order chi connectivity index (χ1) is 12.4. The topological polar surface area (TPSA) is 86.3 Å². The predicted molar refractivity (Wildman–Crippen MR) is 94.2 cm³/mol. The van der Waals surface area contributed by atoms with Crippen molar-refractivity contribution in [2.75, 3.05) is 25.1 Å². The molecule has 1 aliphatic heterocycles. The molecule has 0 radical (unpaired) electrons. The first-order valence-electron chi connectivity index (χ1n) is 8.58. The molecule has 26 heavy (non-hydrogen) atoms. The van der Waals surface area contributed by atoms with Gasteiger partial charge in [-0.15, -0.1) is 10.2 Å². The van der Waals surface area contributed by atoms with Crippen LogP contribution in [0.5, 0.6) is 5.75 Å². The molecule has 0 N–H and O–H groups in total. The lowest BCUT2D eigenvalue weighted by Gasteiger charge is -2.34. The van der Waals surface area contributed by atoms with Crippen molar-refractivity contribution >= 4 is 11.4 Å². The van der Waals surface area contributed by atoms with Gasteiger partial charge >= 0.3 is 5.69 Å². The van der Waals surface area contributed by atoms with Crippen molar-refractivity contribution in [1.29, 1.82) is 0 Å². The summed E-state index contributed by atoms with van der Waals surface area (Å²) in [4.78, 5) is 12.3. The molecule has 0 spiro atoms. The Bertz CT molecular complexity index is 808. The molecule has 1 saturated heterocycles. The van der Waals surface area contributed by atoms with Crippen LogP contribution in [-0.2, 0) is 0 Å². The molecule has 1 aromatic heterocycles. The number of halogens is 1. The predicted octanol–water partition coefficient (Wildman–Crippen LogP) is 3.30. The number of aromatic nitrogens is 3. The van der Waals surface area contributed by atoms with Crippen LogP contribution in [-0.4, -0.2) is 39.9 Å². The van der Waals surface area contributed by atoms with Gasteiger partial charge < -0.3 is 14.2 Å². The summed E-state index contributed by atoms with van der Waals surface area (Å²) < 4.78 is 21.7. The zero-order valence-electron chi connectivity index (χ0n) is 15.1. The summed E-state index contributed by atoms with van der Waals surface area (Å²) in [6, 6.07) is 2.57. The van der Waals surface area contributed by atoms with E-state index < -0.39 is 10.7 Å². The molecule has 3 rings (SSSR count). The number of anilines is 1. The minimum Gasteiger partial charge on any atom is -0.490 e. The summed E-state index contributed by atoms with van der Waals surface area (Å²) in [5.74, 6) is 0.440. The number of methoxy groups -OCH3 is 1. The average Bonchev–Trinajstić information content (AvgIpc) is 3.11. The highest BCUT2D eigenvalue weighted by atomic mass is 19.1. The van der Waals surface area contributed by atoms with Gasteiger partial charge in [0.05, 0.1) is 23.8 Å². The molecule has 1 aliphatic rings. The first kappa shape index (κ1) is 18.1. The van der Waals surface area contributed by atoms with Crippen molar-refractivity contribution < 1.29 is 14.1 Å². The van der Waals surface area contributed by atoms with Crippen LogP contribution < -0.4 is 9.64 Å². The number of hydrogen-bond acceptors (Lipinski definition) is 6. The Labute approximate surface area is 150 Å². The smallest absolute Gasteiger partial charge is 0.313 e. The van der Waals surface area contributed by atoms with E-state index in [2.05, 4.69) is 24.0 Å². The molecule has 0 saturated carbocycles. The third kappa shape index (κ3) is 3.33. The lowest BCUT2D eigenvalue weighted by Crippen LogP contribution is -2.36. The largest absolute Gasteiger partial charge is 0.490 e. The van der Waals surface area contributed by atoms with E-state index in [1.165, 1.54) is 13.2 Å². The van der Waals surface area contributed by atoms with Crippen LogP contribution in [0.15, 0.2) is 18.5 Å². The second-order valence-corrected chi connectivity index (χ2v) is 6.71. The number of nitro benzene ring substituents is 1. The third-order valence-electron chi connectivity index (χ3n) is 4.73. The van der Waals surface area contributed by atoms with Gasteiger partial charge in [0, 0.05) is 31.1 Å². The highest BCUT2D eigenvalue weighted by Gasteiger charge is 2.29. The van der Waals surface area contributed by atoms with Crippen LogP contribution >= 0.6 is 0 Å². The van der Waals surface area contributed by atoms with E-state index in [0.717, 1.165) is 24.7 Å². The van der Waals surface area contributed by atoms with Crippen molar-refractivity contribution in [2.45, 2.75) is 38.6 Å². The fourth-order valence-corrected chi connectivity index (χ4v) is 3.43. The minimum atomic E-state index is -0.643. The Kier molecular flexibility index (Phi) is 5.06. The summed E-state index contributed by atoms with van der Waals surface area (Å²) >= 11 is 0. The Morgan fingerprint density at radius 3 is 2.85 bits per heavy atom. The molecule has 1 aromatic carbocycles. The van der Waals surface area contributed by atoms with Crippen LogP contribution in [0.1, 0.15) is 44.5 Å². The molecular formula is C17H22FN5O3. The van der Waals surface area contributed by atoms with Crippen LogP contribution in [0.3, 0.4) is 0 Å². The third-order valence-corrected chi connectivity index (χ3v) is 4.73. The number of rotatable bonds is 5. The van der Waals surface area contributed by atoms with Gasteiger partial charge in [-0.1, -0.05) is 0 Å². The standard InChI is InChI=1S/C17H22FN5O3/c1-11(2)22-10-19-20-17(22)12-5-4-6-21(9-12)14-8-16(26-3)15(23(24)25)7-13(14)18/h7-8,10-12H,4-6,9H2,1-3H3. The van der Waals surface area contributed by atoms with Crippen LogP contribution in [0.25, 0.3) is 0 Å². The second-order valence-electron chi connectivity index (χ2n) is 6.71. The highest BCUT2D eigenvalue weighted by Crippen LogP contribution is 2.37. The fraction of sp³-hybridized carbons (Fsp3) is 0.529. The molecule has 1 unspecified atom stereocenters. The Hall–Kier alpha value is -2.71. The zero-order chi connectivity index (χ0) is 18.8. The van der Waals surface area contributed by atoms with Gasteiger partial charge in [-0.2, -0.15) is 0 Å². The van der Waals surface area contributed by atoms with Gasteiger partial charge in [-0.3, -0.25) is 10.1 Å². The molecule has 2 heterocycles. The van der Waals surface area contributed by atoms with E-state index >= 15 is 0 Å². The normalized spacial score (nSPS) is 17.6. The molecule has 140 valence electrons. The maximum atomic E-state index is 14.6. The molecule has 0 amide bonds. The van der Waals surface area contributed by atoms with E-state index in [4.69, 9.17) is 4.74 Å². The van der Waals surface area contributed by atoms with Gasteiger partial charge in [-0.05, 0) is 26.7 Å². The van der Waals surface area contributed by atoms with Crippen molar-refractivity contribution in [3.8, 4) is 5.75 Å². The number of benzene rings is 1. The summed E-state index contributed by atoms with van der Waals surface area (Å²) in [5, 5.41) is 19.3. The van der Waals surface area contributed by atoms with Gasteiger partial charge in [0.25, 0.3) is 0 Å². The highest BCUT2D eigenvalue weighted by molar-refractivity contribution is 5.60. The average molecular weight is 363 g/mol. The van der Waals surface area contributed by atoms with Gasteiger partial charge in [0.15, 0.2) is 11.6 Å². The molecular weight excluding hydrogens is 341 g/mol. The number of hydrogen-bond donors (Lipinski definition) is 0. The molecule has 0 aliphatic carbocycles. The maximum Gasteiger partial charge on any atom is 0.313 e. The monoisotopic (exact) mass is 363 g/mol. The van der Waals surface area contributed by atoms with Crippen molar-refractivity contribution in [3.05, 3.63) is 40.2 Å². The van der Waals surface area contributed by atoms with Gasteiger partial charge in [0.1, 0.15) is 12.2 Å². The Balaban J connectivity index is 1.90. The molecule has 8 nitrogen and oxygen atoms in total. The SMILES string of the molecule is COc1cc(N2CCCC(c3nncn3C(C)C)C2)c(F)cc1[N+](=O)[O-]. The molecule has 2 aromatic rings. The summed E-state index contributed by atoms with van der Waals surface area (Å²) in [7, 11) is 1.34. The summed E-state index contributed by atoms with van der Waals surface area (Å²) in [6.45, 7) is 5.37. The Morgan fingerprint density at radius 2 is 2.19 bits per heavy atom. The number of piperidine rings is 1. The molecule has 0 bridgehead atoms. The summed E-state index contributed by atoms with van der Waals surface area (Å²) in [6.07, 6.45) is 3.52.